The quantitative estimate of drug-likeness (QED) is 0.521. The maximum atomic E-state index is 12.4. The molecule has 0 fully saturated rings. The van der Waals surface area contributed by atoms with Crippen LogP contribution in [0, 0.1) is 6.92 Å². The fourth-order valence-electron chi connectivity index (χ4n) is 2.61. The van der Waals surface area contributed by atoms with Crippen LogP contribution in [0.15, 0.2) is 42.6 Å². The van der Waals surface area contributed by atoms with Crippen LogP contribution >= 0.6 is 23.6 Å². The number of carbonyl (C=O) groups is 1. The Balaban J connectivity index is 1.94. The van der Waals surface area contributed by atoms with Crippen LogP contribution in [0.4, 0.5) is 10.8 Å². The molecule has 0 bridgehead atoms. The van der Waals surface area contributed by atoms with Crippen molar-refractivity contribution in [2.45, 2.75) is 6.92 Å². The Labute approximate surface area is 160 Å². The molecule has 0 radical (unpaired) electrons. The number of esters is 1. The minimum absolute atomic E-state index is 0.356. The van der Waals surface area contributed by atoms with Crippen LogP contribution in [-0.2, 0) is 11.8 Å². The monoisotopic (exact) mass is 386 g/mol. The number of ether oxygens (including phenoxy) is 1. The molecule has 3 aromatic rings. The van der Waals surface area contributed by atoms with Crippen LogP contribution in [0.5, 0.6) is 0 Å². The van der Waals surface area contributed by atoms with E-state index in [9.17, 15) is 4.79 Å². The lowest BCUT2D eigenvalue weighted by Gasteiger charge is -2.10. The average Bonchev–Trinajstić information content (AvgIpc) is 3.17. The largest absolute Gasteiger partial charge is 0.465 e. The summed E-state index contributed by atoms with van der Waals surface area (Å²) in [6.45, 7) is 1.97. The Morgan fingerprint density at radius 2 is 1.96 bits per heavy atom. The molecule has 2 aromatic heterocycles. The summed E-state index contributed by atoms with van der Waals surface area (Å²) in [6, 6.07) is 11.6. The molecule has 2 N–H and O–H groups in total. The van der Waals surface area contributed by atoms with Crippen LogP contribution in [0.25, 0.3) is 11.1 Å². The van der Waals surface area contributed by atoms with Crippen LogP contribution in [0.3, 0.4) is 0 Å². The Morgan fingerprint density at radius 3 is 2.58 bits per heavy atom. The van der Waals surface area contributed by atoms with Crippen molar-refractivity contribution in [3.63, 3.8) is 0 Å². The van der Waals surface area contributed by atoms with E-state index in [-0.39, 0.29) is 0 Å². The number of aryl methyl sites for hydroxylation is 2. The van der Waals surface area contributed by atoms with Crippen LogP contribution in [0.2, 0.25) is 0 Å². The molecule has 0 aliphatic heterocycles. The topological polar surface area (TPSA) is 68.2 Å². The molecule has 0 aliphatic rings. The van der Waals surface area contributed by atoms with Gasteiger partial charge in [0.15, 0.2) is 10.9 Å². The highest BCUT2D eigenvalue weighted by molar-refractivity contribution is 7.80. The Hall–Kier alpha value is -2.71. The summed E-state index contributed by atoms with van der Waals surface area (Å²) >= 11 is 6.82. The number of thiocarbonyl (C=S) groups is 1. The fourth-order valence-corrected chi connectivity index (χ4v) is 3.95. The lowest BCUT2D eigenvalue weighted by atomic mass is 10.0. The van der Waals surface area contributed by atoms with Gasteiger partial charge in [-0.2, -0.15) is 5.10 Å². The first-order valence-electron chi connectivity index (χ1n) is 7.84. The molecule has 0 atom stereocenters. The number of benzene rings is 1. The first-order valence-corrected chi connectivity index (χ1v) is 9.07. The van der Waals surface area contributed by atoms with Crippen molar-refractivity contribution >= 4 is 45.5 Å². The first kappa shape index (κ1) is 18.1. The Kier molecular flexibility index (Phi) is 5.34. The molecule has 0 spiro atoms. The molecule has 134 valence electrons. The van der Waals surface area contributed by atoms with E-state index in [1.165, 1.54) is 18.4 Å². The van der Waals surface area contributed by atoms with E-state index in [4.69, 9.17) is 17.0 Å². The molecule has 0 unspecified atom stereocenters. The second-order valence-corrected chi connectivity index (χ2v) is 7.18. The van der Waals surface area contributed by atoms with E-state index in [2.05, 4.69) is 15.7 Å². The second kappa shape index (κ2) is 7.67. The summed E-state index contributed by atoms with van der Waals surface area (Å²) in [7, 11) is 3.20. The third-order valence-electron chi connectivity index (χ3n) is 3.72. The zero-order valence-corrected chi connectivity index (χ0v) is 16.2. The molecule has 0 saturated heterocycles. The van der Waals surface area contributed by atoms with E-state index >= 15 is 0 Å². The van der Waals surface area contributed by atoms with Crippen molar-refractivity contribution in [3.8, 4) is 11.1 Å². The molecule has 0 amide bonds. The van der Waals surface area contributed by atoms with Gasteiger partial charge in [0.05, 0.1) is 7.11 Å². The predicted octanol–water partition coefficient (Wildman–Crippen LogP) is 4.05. The maximum absolute atomic E-state index is 12.4. The van der Waals surface area contributed by atoms with Gasteiger partial charge in [0.1, 0.15) is 10.6 Å². The summed E-state index contributed by atoms with van der Waals surface area (Å²) < 4.78 is 6.68. The molecule has 6 nitrogen and oxygen atoms in total. The number of hydrogen-bond acceptors (Lipinski definition) is 5. The number of thiophene rings is 1. The maximum Gasteiger partial charge on any atom is 0.341 e. The predicted molar refractivity (Wildman–Crippen MR) is 109 cm³/mol. The molecule has 8 heteroatoms. The number of carbonyl (C=O) groups excluding carboxylic acids is 1. The van der Waals surface area contributed by atoms with Gasteiger partial charge < -0.3 is 15.4 Å². The van der Waals surface area contributed by atoms with Gasteiger partial charge in [0.2, 0.25) is 0 Å². The van der Waals surface area contributed by atoms with Crippen LogP contribution in [-0.4, -0.2) is 28.0 Å². The van der Waals surface area contributed by atoms with Gasteiger partial charge in [-0.1, -0.05) is 30.3 Å². The van der Waals surface area contributed by atoms with E-state index in [1.54, 1.807) is 4.68 Å². The average molecular weight is 387 g/mol. The van der Waals surface area contributed by atoms with Gasteiger partial charge in [-0.25, -0.2) is 4.79 Å². The normalized spacial score (nSPS) is 10.4. The van der Waals surface area contributed by atoms with Crippen molar-refractivity contribution in [2.24, 2.45) is 7.05 Å². The van der Waals surface area contributed by atoms with Crippen molar-refractivity contribution < 1.29 is 9.53 Å². The number of methoxy groups -OCH3 is 1. The minimum Gasteiger partial charge on any atom is -0.465 e. The van der Waals surface area contributed by atoms with Gasteiger partial charge in [-0.3, -0.25) is 4.68 Å². The van der Waals surface area contributed by atoms with Crippen molar-refractivity contribution in [1.29, 1.82) is 0 Å². The third-order valence-corrected chi connectivity index (χ3v) is 4.94. The fraction of sp³-hybridized carbons (Fsp3) is 0.167. The second-order valence-electron chi connectivity index (χ2n) is 5.55. The number of rotatable bonds is 4. The van der Waals surface area contributed by atoms with E-state index in [0.717, 1.165) is 16.0 Å². The SMILES string of the molecule is COC(=O)c1c(NC(=S)Nc2ccn(C)n2)sc(C)c1-c1ccccc1. The Bertz CT molecular complexity index is 948. The molecule has 0 saturated carbocycles. The van der Waals surface area contributed by atoms with Gasteiger partial charge in [-0.15, -0.1) is 11.3 Å². The number of hydrogen-bond donors (Lipinski definition) is 2. The number of aromatic nitrogens is 2. The smallest absolute Gasteiger partial charge is 0.341 e. The summed E-state index contributed by atoms with van der Waals surface area (Å²) in [4.78, 5) is 13.4. The van der Waals surface area contributed by atoms with Gasteiger partial charge >= 0.3 is 5.97 Å². The van der Waals surface area contributed by atoms with Gasteiger partial charge in [-0.05, 0) is 24.7 Å². The highest BCUT2D eigenvalue weighted by atomic mass is 32.1. The number of nitrogens with zero attached hydrogens (tertiary/aromatic N) is 2. The molecule has 1 aromatic carbocycles. The summed E-state index contributed by atoms with van der Waals surface area (Å²) in [5.41, 5.74) is 2.29. The van der Waals surface area contributed by atoms with Crippen LogP contribution in [0.1, 0.15) is 15.2 Å². The van der Waals surface area contributed by atoms with Crippen LogP contribution < -0.4 is 10.6 Å². The summed E-state index contributed by atoms with van der Waals surface area (Å²) in [5.74, 6) is 0.220. The summed E-state index contributed by atoms with van der Waals surface area (Å²) in [5, 5.41) is 11.3. The van der Waals surface area contributed by atoms with E-state index < -0.39 is 5.97 Å². The van der Waals surface area contributed by atoms with E-state index in [1.807, 2.05) is 56.6 Å². The molecule has 26 heavy (non-hydrogen) atoms. The number of nitrogens with one attached hydrogen (secondary N) is 2. The van der Waals surface area contributed by atoms with Crippen molar-refractivity contribution in [1.82, 2.24) is 9.78 Å². The first-order chi connectivity index (χ1) is 12.5. The zero-order chi connectivity index (χ0) is 18.7. The van der Waals surface area contributed by atoms with Gasteiger partial charge in [0.25, 0.3) is 0 Å². The highest BCUT2D eigenvalue weighted by Crippen LogP contribution is 2.40. The molecule has 0 aliphatic carbocycles. The minimum atomic E-state index is -0.406. The molecular formula is C18H18N4O2S2. The molecule has 2 heterocycles. The lowest BCUT2D eigenvalue weighted by molar-refractivity contribution is 0.0603. The Morgan fingerprint density at radius 1 is 1.23 bits per heavy atom. The number of anilines is 2. The lowest BCUT2D eigenvalue weighted by Crippen LogP contribution is -2.20. The van der Waals surface area contributed by atoms with Crippen molar-refractivity contribution in [2.75, 3.05) is 17.7 Å². The van der Waals surface area contributed by atoms with E-state index in [0.29, 0.717) is 21.5 Å². The molecular weight excluding hydrogens is 368 g/mol. The van der Waals surface area contributed by atoms with Crippen molar-refractivity contribution in [3.05, 3.63) is 53.0 Å². The van der Waals surface area contributed by atoms with Gasteiger partial charge in [0, 0.05) is 29.8 Å². The zero-order valence-electron chi connectivity index (χ0n) is 14.6. The third kappa shape index (κ3) is 3.76. The summed E-state index contributed by atoms with van der Waals surface area (Å²) in [6.07, 6.45) is 1.81. The standard InChI is InChI=1S/C18H18N4O2S2/c1-11-14(12-7-5-4-6-8-12)15(17(23)24-3)16(26-11)20-18(25)19-13-9-10-22(2)21-13/h4-10H,1-3H3,(H2,19,20,21,25). The highest BCUT2D eigenvalue weighted by Gasteiger charge is 2.24. The molecule has 3 rings (SSSR count).